The molecule has 0 atom stereocenters. The van der Waals surface area contributed by atoms with E-state index >= 15 is 0 Å². The van der Waals surface area contributed by atoms with E-state index in [0.717, 1.165) is 9.35 Å². The molecule has 0 aliphatic heterocycles. The molecule has 0 saturated heterocycles. The van der Waals surface area contributed by atoms with Crippen LogP contribution in [0.1, 0.15) is 21.7 Å². The average Bonchev–Trinajstić information content (AvgIpc) is 3.07. The molecule has 132 valence electrons. The maximum Gasteiger partial charge on any atom is 0.311 e. The van der Waals surface area contributed by atoms with E-state index < -0.39 is 0 Å². The van der Waals surface area contributed by atoms with Crippen LogP contribution in [0.2, 0.25) is 0 Å². The Morgan fingerprint density at radius 3 is 2.65 bits per heavy atom. The van der Waals surface area contributed by atoms with Gasteiger partial charge < -0.3 is 10.1 Å². The number of carbonyl (C=O) groups is 2. The predicted octanol–water partition coefficient (Wildman–Crippen LogP) is 4.70. The second-order valence-corrected chi connectivity index (χ2v) is 7.34. The van der Waals surface area contributed by atoms with Gasteiger partial charge in [-0.3, -0.25) is 14.6 Å². The van der Waals surface area contributed by atoms with Crippen molar-refractivity contribution in [2.24, 2.45) is 0 Å². The second-order valence-electron chi connectivity index (χ2n) is 5.43. The van der Waals surface area contributed by atoms with Gasteiger partial charge in [-0.1, -0.05) is 0 Å². The topological polar surface area (TPSA) is 68.3 Å². The number of nitrogens with one attached hydrogen (secondary N) is 1. The van der Waals surface area contributed by atoms with Crippen LogP contribution in [-0.4, -0.2) is 16.9 Å². The van der Waals surface area contributed by atoms with E-state index in [-0.39, 0.29) is 11.9 Å². The Morgan fingerprint density at radius 1 is 1.19 bits per heavy atom. The number of pyridine rings is 1. The Labute approximate surface area is 163 Å². The summed E-state index contributed by atoms with van der Waals surface area (Å²) < 4.78 is 6.33. The minimum Gasteiger partial charge on any atom is -0.427 e. The number of hydrogen-bond acceptors (Lipinski definition) is 5. The Hall–Kier alpha value is -2.51. The summed E-state index contributed by atoms with van der Waals surface area (Å²) >= 11 is 4.99. The second kappa shape index (κ2) is 8.73. The molecule has 0 bridgehead atoms. The average molecular weight is 431 g/mol. The lowest BCUT2D eigenvalue weighted by atomic mass is 10.2. The van der Waals surface area contributed by atoms with Gasteiger partial charge in [0.05, 0.1) is 18.3 Å². The number of thiophene rings is 1. The van der Waals surface area contributed by atoms with Crippen LogP contribution >= 0.6 is 27.3 Å². The summed E-state index contributed by atoms with van der Waals surface area (Å²) in [6.45, 7) is 0. The Kier molecular flexibility index (Phi) is 6.14. The van der Waals surface area contributed by atoms with Gasteiger partial charge in [0, 0.05) is 26.5 Å². The highest BCUT2D eigenvalue weighted by Gasteiger charge is 2.09. The quantitative estimate of drug-likeness (QED) is 0.454. The molecule has 7 heteroatoms. The molecule has 0 saturated carbocycles. The van der Waals surface area contributed by atoms with E-state index in [1.807, 2.05) is 11.4 Å². The van der Waals surface area contributed by atoms with E-state index in [4.69, 9.17) is 4.74 Å². The van der Waals surface area contributed by atoms with Crippen molar-refractivity contribution in [1.29, 1.82) is 0 Å². The maximum atomic E-state index is 12.2. The predicted molar refractivity (Wildman–Crippen MR) is 105 cm³/mol. The molecule has 26 heavy (non-hydrogen) atoms. The monoisotopic (exact) mass is 430 g/mol. The van der Waals surface area contributed by atoms with Gasteiger partial charge in [0.2, 0.25) is 0 Å². The number of rotatable bonds is 6. The number of esters is 1. The standard InChI is InChI=1S/C19H15BrN2O3S/c20-14-10-17(26-12-14)7-8-18(23)25-16-5-3-13(4-6-16)19(24)22-15-2-1-9-21-11-15/h1-6,9-12H,7-8H2,(H,22,24). The SMILES string of the molecule is O=C(CCc1cc(Br)cs1)Oc1ccc(C(=O)Nc2cccnc2)cc1. The molecule has 3 aromatic rings. The Balaban J connectivity index is 1.52. The van der Waals surface area contributed by atoms with Gasteiger partial charge in [-0.2, -0.15) is 0 Å². The summed E-state index contributed by atoms with van der Waals surface area (Å²) in [4.78, 5) is 29.2. The maximum absolute atomic E-state index is 12.2. The molecule has 0 aliphatic rings. The fourth-order valence-corrected chi connectivity index (χ4v) is 3.66. The van der Waals surface area contributed by atoms with Crippen LogP contribution in [0.15, 0.2) is 64.7 Å². The number of halogens is 1. The van der Waals surface area contributed by atoms with Crippen molar-refractivity contribution in [2.75, 3.05) is 5.32 Å². The van der Waals surface area contributed by atoms with Crippen molar-refractivity contribution < 1.29 is 14.3 Å². The van der Waals surface area contributed by atoms with E-state index in [1.165, 1.54) is 0 Å². The largest absolute Gasteiger partial charge is 0.427 e. The lowest BCUT2D eigenvalue weighted by Crippen LogP contribution is -2.12. The first kappa shape index (κ1) is 18.3. The molecule has 0 unspecified atom stereocenters. The number of benzene rings is 1. The van der Waals surface area contributed by atoms with Gasteiger partial charge >= 0.3 is 5.97 Å². The van der Waals surface area contributed by atoms with E-state index in [9.17, 15) is 9.59 Å². The Bertz CT molecular complexity index is 895. The van der Waals surface area contributed by atoms with Crippen LogP contribution in [0, 0.1) is 0 Å². The fraction of sp³-hybridized carbons (Fsp3) is 0.105. The molecule has 0 aliphatic carbocycles. The third-order valence-corrected chi connectivity index (χ3v) is 5.22. The first-order chi connectivity index (χ1) is 12.6. The van der Waals surface area contributed by atoms with Gasteiger partial charge in [0.25, 0.3) is 5.91 Å². The summed E-state index contributed by atoms with van der Waals surface area (Å²) in [6, 6.07) is 11.9. The first-order valence-corrected chi connectivity index (χ1v) is 9.52. The third-order valence-electron chi connectivity index (χ3n) is 3.46. The van der Waals surface area contributed by atoms with Crippen molar-refractivity contribution in [3.8, 4) is 5.75 Å². The number of hydrogen-bond donors (Lipinski definition) is 1. The lowest BCUT2D eigenvalue weighted by molar-refractivity contribution is -0.134. The zero-order valence-corrected chi connectivity index (χ0v) is 16.0. The molecule has 0 fully saturated rings. The van der Waals surface area contributed by atoms with Crippen LogP contribution in [0.4, 0.5) is 5.69 Å². The van der Waals surface area contributed by atoms with Gasteiger partial charge in [0.15, 0.2) is 0 Å². The molecule has 1 aromatic carbocycles. The smallest absolute Gasteiger partial charge is 0.311 e. The van der Waals surface area contributed by atoms with Crippen molar-refractivity contribution in [3.05, 3.63) is 75.2 Å². The number of nitrogens with zero attached hydrogens (tertiary/aromatic N) is 1. The number of ether oxygens (including phenoxy) is 1. The van der Waals surface area contributed by atoms with Crippen molar-refractivity contribution in [1.82, 2.24) is 4.98 Å². The normalized spacial score (nSPS) is 10.3. The lowest BCUT2D eigenvalue weighted by Gasteiger charge is -2.06. The highest BCUT2D eigenvalue weighted by Crippen LogP contribution is 2.21. The number of anilines is 1. The minimum atomic E-state index is -0.304. The van der Waals surface area contributed by atoms with Gasteiger partial charge in [-0.25, -0.2) is 0 Å². The van der Waals surface area contributed by atoms with Crippen molar-refractivity contribution >= 4 is 44.8 Å². The molecule has 1 amide bonds. The van der Waals surface area contributed by atoms with Crippen LogP contribution in [-0.2, 0) is 11.2 Å². The summed E-state index contributed by atoms with van der Waals surface area (Å²) in [5.74, 6) is -0.137. The highest BCUT2D eigenvalue weighted by atomic mass is 79.9. The summed E-state index contributed by atoms with van der Waals surface area (Å²) in [5, 5.41) is 4.73. The minimum absolute atomic E-state index is 0.251. The summed E-state index contributed by atoms with van der Waals surface area (Å²) in [7, 11) is 0. The number of aryl methyl sites for hydroxylation is 1. The zero-order chi connectivity index (χ0) is 18.4. The fourth-order valence-electron chi connectivity index (χ4n) is 2.21. The molecule has 2 aromatic heterocycles. The van der Waals surface area contributed by atoms with Crippen LogP contribution in [0.3, 0.4) is 0 Å². The van der Waals surface area contributed by atoms with Crippen LogP contribution in [0.25, 0.3) is 0 Å². The summed E-state index contributed by atoms with van der Waals surface area (Å²) in [6.07, 6.45) is 4.15. The molecular weight excluding hydrogens is 416 g/mol. The summed E-state index contributed by atoms with van der Waals surface area (Å²) in [5.41, 5.74) is 1.09. The molecule has 1 N–H and O–H groups in total. The zero-order valence-electron chi connectivity index (χ0n) is 13.6. The molecular formula is C19H15BrN2O3S. The molecule has 2 heterocycles. The first-order valence-electron chi connectivity index (χ1n) is 7.85. The molecule has 5 nitrogen and oxygen atoms in total. The third kappa shape index (κ3) is 5.24. The number of aromatic nitrogens is 1. The molecule has 0 spiro atoms. The van der Waals surface area contributed by atoms with Gasteiger partial charge in [0.1, 0.15) is 5.75 Å². The number of carbonyl (C=O) groups excluding carboxylic acids is 2. The van der Waals surface area contributed by atoms with Crippen LogP contribution in [0.5, 0.6) is 5.75 Å². The molecule has 0 radical (unpaired) electrons. The van der Waals surface area contributed by atoms with E-state index in [0.29, 0.717) is 29.8 Å². The van der Waals surface area contributed by atoms with E-state index in [1.54, 1.807) is 60.1 Å². The van der Waals surface area contributed by atoms with Crippen molar-refractivity contribution in [3.63, 3.8) is 0 Å². The van der Waals surface area contributed by atoms with Crippen molar-refractivity contribution in [2.45, 2.75) is 12.8 Å². The Morgan fingerprint density at radius 2 is 2.00 bits per heavy atom. The highest BCUT2D eigenvalue weighted by molar-refractivity contribution is 9.10. The van der Waals surface area contributed by atoms with E-state index in [2.05, 4.69) is 26.2 Å². The van der Waals surface area contributed by atoms with Crippen LogP contribution < -0.4 is 10.1 Å². The van der Waals surface area contributed by atoms with Gasteiger partial charge in [-0.05, 0) is 64.8 Å². The number of amides is 1. The van der Waals surface area contributed by atoms with Gasteiger partial charge in [-0.15, -0.1) is 11.3 Å². The molecule has 3 rings (SSSR count).